The van der Waals surface area contributed by atoms with Crippen molar-refractivity contribution in [2.24, 2.45) is 22.4 Å². The van der Waals surface area contributed by atoms with Crippen LogP contribution in [0.4, 0.5) is 8.78 Å². The standard InChI is InChI=1S/C21H29F2NO4S/c1-3-20-10-8-14-15(17(20)5-4-9-21(20,22)23)7-6-13-11-19(28-29(24,25)26)18(27-2)12-16(13)14/h11-12,14-15,17H,3-10H2,1-2H3,(H2,24,25,26)/t14?,15?,17?,20-/m0/s1. The van der Waals surface area contributed by atoms with Gasteiger partial charge >= 0.3 is 10.3 Å². The van der Waals surface area contributed by atoms with E-state index in [0.29, 0.717) is 31.4 Å². The van der Waals surface area contributed by atoms with Crippen molar-refractivity contribution < 1.29 is 26.1 Å². The second-order valence-corrected chi connectivity index (χ2v) is 9.99. The molecule has 4 rings (SSSR count). The van der Waals surface area contributed by atoms with Crippen LogP contribution in [0.1, 0.15) is 68.9 Å². The Hall–Kier alpha value is -1.41. The Morgan fingerprint density at radius 2 is 1.93 bits per heavy atom. The third-order valence-electron chi connectivity index (χ3n) is 7.79. The topological polar surface area (TPSA) is 78.6 Å². The number of alkyl halides is 2. The van der Waals surface area contributed by atoms with E-state index in [2.05, 4.69) is 0 Å². The average molecular weight is 430 g/mol. The maximum Gasteiger partial charge on any atom is 0.380 e. The molecule has 0 amide bonds. The Balaban J connectivity index is 1.72. The van der Waals surface area contributed by atoms with Crippen LogP contribution >= 0.6 is 0 Å². The van der Waals surface area contributed by atoms with Crippen LogP contribution in [-0.4, -0.2) is 21.5 Å². The van der Waals surface area contributed by atoms with E-state index in [4.69, 9.17) is 14.1 Å². The molecule has 162 valence electrons. The molecule has 0 spiro atoms. The molecule has 2 N–H and O–H groups in total. The van der Waals surface area contributed by atoms with Gasteiger partial charge in [-0.05, 0) is 86.0 Å². The number of ether oxygens (including phenoxy) is 1. The minimum atomic E-state index is -4.16. The lowest BCUT2D eigenvalue weighted by Gasteiger charge is -2.58. The predicted molar refractivity (Wildman–Crippen MR) is 106 cm³/mol. The second kappa shape index (κ2) is 7.08. The van der Waals surface area contributed by atoms with E-state index < -0.39 is 21.6 Å². The molecule has 0 heterocycles. The van der Waals surface area contributed by atoms with Crippen molar-refractivity contribution >= 4 is 10.3 Å². The van der Waals surface area contributed by atoms with Crippen molar-refractivity contribution in [3.05, 3.63) is 23.3 Å². The largest absolute Gasteiger partial charge is 0.493 e. The SMILES string of the molecule is CC[C@]12CCC3c4cc(OC)c(OS(N)(=O)=O)cc4CCC3C1CCCC2(F)F. The summed E-state index contributed by atoms with van der Waals surface area (Å²) in [6, 6.07) is 3.51. The lowest BCUT2D eigenvalue weighted by molar-refractivity contribution is -0.210. The van der Waals surface area contributed by atoms with Crippen molar-refractivity contribution in [3.8, 4) is 11.5 Å². The summed E-state index contributed by atoms with van der Waals surface area (Å²) in [6.45, 7) is 1.92. The highest BCUT2D eigenvalue weighted by Crippen LogP contribution is 2.65. The summed E-state index contributed by atoms with van der Waals surface area (Å²) >= 11 is 0. The van der Waals surface area contributed by atoms with Gasteiger partial charge in [-0.15, -0.1) is 0 Å². The van der Waals surface area contributed by atoms with E-state index >= 15 is 8.78 Å². The van der Waals surface area contributed by atoms with Gasteiger partial charge in [-0.25, -0.2) is 8.78 Å². The fourth-order valence-electron chi connectivity index (χ4n) is 6.58. The zero-order valence-corrected chi connectivity index (χ0v) is 17.7. The number of hydrogen-bond acceptors (Lipinski definition) is 4. The number of halogens is 2. The molecule has 4 atom stereocenters. The molecule has 0 saturated heterocycles. The van der Waals surface area contributed by atoms with Gasteiger partial charge in [0, 0.05) is 11.8 Å². The molecular weight excluding hydrogens is 400 g/mol. The normalized spacial score (nSPS) is 33.2. The highest BCUT2D eigenvalue weighted by atomic mass is 32.2. The molecule has 3 aliphatic carbocycles. The number of nitrogens with two attached hydrogens (primary N) is 1. The Kier molecular flexibility index (Phi) is 5.09. The molecule has 8 heteroatoms. The van der Waals surface area contributed by atoms with E-state index in [9.17, 15) is 8.42 Å². The number of rotatable bonds is 4. The molecule has 3 aliphatic rings. The predicted octanol–water partition coefficient (Wildman–Crippen LogP) is 4.55. The summed E-state index contributed by atoms with van der Waals surface area (Å²) < 4.78 is 63.2. The Morgan fingerprint density at radius 3 is 2.59 bits per heavy atom. The summed E-state index contributed by atoms with van der Waals surface area (Å²) in [5.41, 5.74) is 1.20. The van der Waals surface area contributed by atoms with Crippen molar-refractivity contribution in [2.75, 3.05) is 7.11 Å². The van der Waals surface area contributed by atoms with Crippen molar-refractivity contribution in [1.29, 1.82) is 0 Å². The number of aryl methyl sites for hydroxylation is 1. The molecule has 0 bridgehead atoms. The van der Waals surface area contributed by atoms with Crippen LogP contribution in [0.3, 0.4) is 0 Å². The summed E-state index contributed by atoms with van der Waals surface area (Å²) in [5, 5.41) is 5.03. The number of methoxy groups -OCH3 is 1. The van der Waals surface area contributed by atoms with Crippen LogP contribution in [0.25, 0.3) is 0 Å². The first-order chi connectivity index (χ1) is 13.6. The third kappa shape index (κ3) is 3.32. The van der Waals surface area contributed by atoms with Gasteiger partial charge in [-0.1, -0.05) is 6.92 Å². The molecule has 2 saturated carbocycles. The van der Waals surface area contributed by atoms with Gasteiger partial charge in [0.25, 0.3) is 5.92 Å². The van der Waals surface area contributed by atoms with Crippen molar-refractivity contribution in [3.63, 3.8) is 0 Å². The summed E-state index contributed by atoms with van der Waals surface area (Å²) in [7, 11) is -2.72. The van der Waals surface area contributed by atoms with Gasteiger partial charge in [0.2, 0.25) is 0 Å². The van der Waals surface area contributed by atoms with Crippen LogP contribution in [0.15, 0.2) is 12.1 Å². The fourth-order valence-corrected chi connectivity index (χ4v) is 6.96. The van der Waals surface area contributed by atoms with E-state index in [0.717, 1.165) is 30.4 Å². The summed E-state index contributed by atoms with van der Waals surface area (Å²) in [5.74, 6) is -1.78. The van der Waals surface area contributed by atoms with Gasteiger partial charge in [-0.3, -0.25) is 0 Å². The fraction of sp³-hybridized carbons (Fsp3) is 0.714. The first-order valence-corrected chi connectivity index (χ1v) is 11.9. The van der Waals surface area contributed by atoms with Crippen molar-refractivity contribution in [2.45, 2.75) is 70.1 Å². The molecule has 1 aromatic carbocycles. The first-order valence-electron chi connectivity index (χ1n) is 10.4. The molecule has 0 aliphatic heterocycles. The Labute approximate surface area is 171 Å². The lowest BCUT2D eigenvalue weighted by atomic mass is 9.48. The highest BCUT2D eigenvalue weighted by molar-refractivity contribution is 7.84. The second-order valence-electron chi connectivity index (χ2n) is 8.84. The number of fused-ring (bicyclic) bond motifs is 5. The molecule has 5 nitrogen and oxygen atoms in total. The molecule has 0 radical (unpaired) electrons. The van der Waals surface area contributed by atoms with Gasteiger partial charge in [0.15, 0.2) is 11.5 Å². The third-order valence-corrected chi connectivity index (χ3v) is 8.20. The van der Waals surface area contributed by atoms with E-state index in [1.807, 2.05) is 13.0 Å². The Bertz CT molecular complexity index is 904. The van der Waals surface area contributed by atoms with Gasteiger partial charge in [-0.2, -0.15) is 13.6 Å². The monoisotopic (exact) mass is 429 g/mol. The van der Waals surface area contributed by atoms with Crippen molar-refractivity contribution in [1.82, 2.24) is 0 Å². The molecule has 3 unspecified atom stereocenters. The van der Waals surface area contributed by atoms with Gasteiger partial charge < -0.3 is 8.92 Å². The minimum Gasteiger partial charge on any atom is -0.493 e. The maximum absolute atomic E-state index is 15.1. The van der Waals surface area contributed by atoms with Crippen LogP contribution in [0, 0.1) is 17.3 Å². The Morgan fingerprint density at radius 1 is 1.17 bits per heavy atom. The summed E-state index contributed by atoms with van der Waals surface area (Å²) in [6.07, 6.45) is 4.77. The minimum absolute atomic E-state index is 0.00734. The quantitative estimate of drug-likeness (QED) is 0.762. The zero-order chi connectivity index (χ0) is 21.0. The smallest absolute Gasteiger partial charge is 0.380 e. The van der Waals surface area contributed by atoms with E-state index in [-0.39, 0.29) is 29.9 Å². The van der Waals surface area contributed by atoms with Crippen LogP contribution in [0.2, 0.25) is 0 Å². The number of benzene rings is 1. The average Bonchev–Trinajstić information content (AvgIpc) is 2.65. The van der Waals surface area contributed by atoms with Crippen LogP contribution in [0.5, 0.6) is 11.5 Å². The molecular formula is C21H29F2NO4S. The highest BCUT2D eigenvalue weighted by Gasteiger charge is 2.62. The zero-order valence-electron chi connectivity index (χ0n) is 16.9. The molecule has 2 fully saturated rings. The molecule has 0 aromatic heterocycles. The molecule has 29 heavy (non-hydrogen) atoms. The summed E-state index contributed by atoms with van der Waals surface area (Å²) in [4.78, 5) is 0. The number of hydrogen-bond donors (Lipinski definition) is 1. The molecule has 1 aromatic rings. The van der Waals surface area contributed by atoms with Crippen LogP contribution < -0.4 is 14.1 Å². The van der Waals surface area contributed by atoms with Crippen LogP contribution in [-0.2, 0) is 16.7 Å². The lowest BCUT2D eigenvalue weighted by Crippen LogP contribution is -2.55. The van der Waals surface area contributed by atoms with Gasteiger partial charge in [0.05, 0.1) is 7.11 Å². The van der Waals surface area contributed by atoms with E-state index in [1.165, 1.54) is 7.11 Å². The maximum atomic E-state index is 15.1. The first kappa shape index (κ1) is 20.8. The van der Waals surface area contributed by atoms with E-state index in [1.54, 1.807) is 6.07 Å². The van der Waals surface area contributed by atoms with Gasteiger partial charge in [0.1, 0.15) is 0 Å².